The maximum absolute atomic E-state index is 12.4. The van der Waals surface area contributed by atoms with Gasteiger partial charge in [-0.15, -0.1) is 0 Å². The summed E-state index contributed by atoms with van der Waals surface area (Å²) in [5.41, 5.74) is 5.19. The molecule has 0 amide bonds. The van der Waals surface area contributed by atoms with Gasteiger partial charge in [-0.2, -0.15) is 13.2 Å². The van der Waals surface area contributed by atoms with Crippen molar-refractivity contribution in [2.75, 3.05) is 19.8 Å². The number of aliphatic hydroxyl groups excluding tert-OH is 1. The number of hydrogen-bond acceptors (Lipinski definition) is 6. The lowest BCUT2D eigenvalue weighted by Crippen LogP contribution is -2.33. The molecule has 1 atom stereocenters. The van der Waals surface area contributed by atoms with Crippen LogP contribution in [-0.2, 0) is 6.42 Å². The van der Waals surface area contributed by atoms with Gasteiger partial charge in [-0.25, -0.2) is 0 Å². The monoisotopic (exact) mass is 474 g/mol. The second-order valence-corrected chi connectivity index (χ2v) is 8.15. The minimum absolute atomic E-state index is 0.0964. The summed E-state index contributed by atoms with van der Waals surface area (Å²) in [6.07, 6.45) is -2.30. The molecule has 34 heavy (non-hydrogen) atoms. The molecule has 1 aliphatic heterocycles. The molecule has 0 aliphatic carbocycles. The van der Waals surface area contributed by atoms with Crippen molar-refractivity contribution in [1.82, 2.24) is 10.3 Å². The van der Waals surface area contributed by atoms with Gasteiger partial charge in [0.25, 0.3) is 0 Å². The van der Waals surface area contributed by atoms with Crippen LogP contribution >= 0.6 is 0 Å². The van der Waals surface area contributed by atoms with E-state index in [1.54, 1.807) is 18.2 Å². The number of aliphatic hydroxyl groups is 2. The van der Waals surface area contributed by atoms with E-state index in [9.17, 15) is 23.4 Å². The Morgan fingerprint density at radius 3 is 2.68 bits per heavy atom. The van der Waals surface area contributed by atoms with Gasteiger partial charge >= 0.3 is 6.18 Å². The van der Waals surface area contributed by atoms with Gasteiger partial charge in [0.1, 0.15) is 18.1 Å². The van der Waals surface area contributed by atoms with Crippen LogP contribution in [0.25, 0.3) is 11.1 Å². The van der Waals surface area contributed by atoms with Crippen molar-refractivity contribution in [2.24, 2.45) is 0 Å². The van der Waals surface area contributed by atoms with Crippen LogP contribution in [0.3, 0.4) is 0 Å². The Morgan fingerprint density at radius 2 is 1.94 bits per heavy atom. The Balaban J connectivity index is 1.50. The molecular formula is C25H25F3N2O4. The quantitative estimate of drug-likeness (QED) is 0.444. The minimum Gasteiger partial charge on any atom is -0.489 e. The number of aromatic nitrogens is 1. The van der Waals surface area contributed by atoms with Crippen molar-refractivity contribution < 1.29 is 32.9 Å². The zero-order chi connectivity index (χ0) is 24.3. The molecule has 2 aromatic carbocycles. The molecule has 0 fully saturated rings. The molecule has 1 aromatic heterocycles. The van der Waals surface area contributed by atoms with Crippen LogP contribution in [0.4, 0.5) is 13.2 Å². The Bertz CT molecular complexity index is 1150. The van der Waals surface area contributed by atoms with Crippen molar-refractivity contribution in [3.05, 3.63) is 77.1 Å². The number of hydrogen-bond donors (Lipinski definition) is 3. The average Bonchev–Trinajstić information content (AvgIpc) is 2.80. The zero-order valence-electron chi connectivity index (χ0n) is 18.5. The molecule has 180 valence electrons. The molecule has 0 saturated carbocycles. The maximum atomic E-state index is 12.4. The van der Waals surface area contributed by atoms with Gasteiger partial charge in [-0.3, -0.25) is 4.98 Å². The van der Waals surface area contributed by atoms with E-state index in [1.165, 1.54) is 18.5 Å². The van der Waals surface area contributed by atoms with Crippen LogP contribution in [-0.4, -0.2) is 41.1 Å². The summed E-state index contributed by atoms with van der Waals surface area (Å²) in [5, 5.41) is 22.5. The van der Waals surface area contributed by atoms with Gasteiger partial charge in [-0.1, -0.05) is 24.3 Å². The summed E-state index contributed by atoms with van der Waals surface area (Å²) in [4.78, 5) is 3.99. The lowest BCUT2D eigenvalue weighted by atomic mass is 9.90. The SMILES string of the molecule is Cc1cc(OCC(F)(F)F)ccc1-c1ccc2c(c1)CCN[C@H]2COc1cnccc1C(O)O. The number of alkyl halides is 3. The fourth-order valence-corrected chi connectivity index (χ4v) is 4.08. The van der Waals surface area contributed by atoms with Gasteiger partial charge in [0.2, 0.25) is 0 Å². The third kappa shape index (κ3) is 5.67. The summed E-state index contributed by atoms with van der Waals surface area (Å²) in [5.74, 6) is 0.493. The normalized spacial score (nSPS) is 15.8. The van der Waals surface area contributed by atoms with Crippen LogP contribution < -0.4 is 14.8 Å². The number of fused-ring (bicyclic) bond motifs is 1. The van der Waals surface area contributed by atoms with Crippen molar-refractivity contribution in [3.63, 3.8) is 0 Å². The van der Waals surface area contributed by atoms with Gasteiger partial charge in [-0.05, 0) is 65.9 Å². The first-order chi connectivity index (χ1) is 16.2. The van der Waals surface area contributed by atoms with Gasteiger partial charge in [0.15, 0.2) is 12.9 Å². The van der Waals surface area contributed by atoms with E-state index in [2.05, 4.69) is 16.4 Å². The number of ether oxygens (including phenoxy) is 2. The highest BCUT2D eigenvalue weighted by molar-refractivity contribution is 5.69. The Kier molecular flexibility index (Phi) is 7.06. The van der Waals surface area contributed by atoms with E-state index in [-0.39, 0.29) is 24.0 Å². The first kappa shape index (κ1) is 24.0. The van der Waals surface area contributed by atoms with E-state index >= 15 is 0 Å². The van der Waals surface area contributed by atoms with Gasteiger partial charge < -0.3 is 25.0 Å². The molecule has 3 aromatic rings. The highest BCUT2D eigenvalue weighted by Crippen LogP contribution is 2.33. The van der Waals surface area contributed by atoms with E-state index in [0.29, 0.717) is 5.75 Å². The molecular weight excluding hydrogens is 449 g/mol. The number of rotatable bonds is 7. The number of aryl methyl sites for hydroxylation is 1. The van der Waals surface area contributed by atoms with Crippen LogP contribution in [0.15, 0.2) is 54.9 Å². The van der Waals surface area contributed by atoms with Crippen molar-refractivity contribution in [1.29, 1.82) is 0 Å². The molecule has 0 bridgehead atoms. The van der Waals surface area contributed by atoms with E-state index in [4.69, 9.17) is 9.47 Å². The number of nitrogens with zero attached hydrogens (tertiary/aromatic N) is 1. The molecule has 0 radical (unpaired) electrons. The summed E-state index contributed by atoms with van der Waals surface area (Å²) in [7, 11) is 0. The minimum atomic E-state index is -4.38. The predicted molar refractivity (Wildman–Crippen MR) is 120 cm³/mol. The van der Waals surface area contributed by atoms with Crippen LogP contribution in [0.5, 0.6) is 11.5 Å². The summed E-state index contributed by atoms with van der Waals surface area (Å²) in [6.45, 7) is 1.55. The third-order valence-corrected chi connectivity index (χ3v) is 5.71. The number of halogens is 3. The average molecular weight is 474 g/mol. The van der Waals surface area contributed by atoms with Gasteiger partial charge in [0.05, 0.1) is 17.8 Å². The second-order valence-electron chi connectivity index (χ2n) is 8.15. The molecule has 4 rings (SSSR count). The fourth-order valence-electron chi connectivity index (χ4n) is 4.08. The molecule has 9 heteroatoms. The summed E-state index contributed by atoms with van der Waals surface area (Å²) >= 11 is 0. The molecule has 0 spiro atoms. The lowest BCUT2D eigenvalue weighted by molar-refractivity contribution is -0.153. The van der Waals surface area contributed by atoms with Crippen molar-refractivity contribution >= 4 is 0 Å². The first-order valence-corrected chi connectivity index (χ1v) is 10.8. The largest absolute Gasteiger partial charge is 0.489 e. The Labute approximate surface area is 195 Å². The third-order valence-electron chi connectivity index (χ3n) is 5.71. The molecule has 0 unspecified atom stereocenters. The smallest absolute Gasteiger partial charge is 0.422 e. The van der Waals surface area contributed by atoms with Crippen molar-refractivity contribution in [2.45, 2.75) is 31.9 Å². The first-order valence-electron chi connectivity index (χ1n) is 10.8. The predicted octanol–water partition coefficient (Wildman–Crippen LogP) is 4.25. The molecule has 2 heterocycles. The topological polar surface area (TPSA) is 83.8 Å². The number of benzene rings is 2. The van der Waals surface area contributed by atoms with Crippen LogP contribution in [0.1, 0.15) is 34.6 Å². The fraction of sp³-hybridized carbons (Fsp3) is 0.320. The Morgan fingerprint density at radius 1 is 1.12 bits per heavy atom. The summed E-state index contributed by atoms with van der Waals surface area (Å²) < 4.78 is 48.0. The van der Waals surface area contributed by atoms with Crippen LogP contribution in [0.2, 0.25) is 0 Å². The van der Waals surface area contributed by atoms with E-state index in [0.717, 1.165) is 40.8 Å². The standard InChI is InChI=1S/C25H25F3N2O4/c1-15-10-18(34-14-25(26,27)28)3-5-19(15)16-2-4-20-17(11-16)6-9-30-22(20)13-33-23-12-29-8-7-21(23)24(31)32/h2-5,7-8,10-12,22,24,30-32H,6,9,13-14H2,1H3/t22-/m0/s1. The van der Waals surface area contributed by atoms with Gasteiger partial charge in [0, 0.05) is 6.20 Å². The van der Waals surface area contributed by atoms with Crippen molar-refractivity contribution in [3.8, 4) is 22.6 Å². The number of nitrogens with one attached hydrogen (secondary N) is 1. The maximum Gasteiger partial charge on any atom is 0.422 e. The van der Waals surface area contributed by atoms with E-state index < -0.39 is 19.1 Å². The second kappa shape index (κ2) is 10.0. The summed E-state index contributed by atoms with van der Waals surface area (Å²) in [6, 6.07) is 12.4. The van der Waals surface area contributed by atoms with Crippen LogP contribution in [0, 0.1) is 6.92 Å². The molecule has 3 N–H and O–H groups in total. The highest BCUT2D eigenvalue weighted by Gasteiger charge is 2.28. The molecule has 1 aliphatic rings. The molecule has 6 nitrogen and oxygen atoms in total. The highest BCUT2D eigenvalue weighted by atomic mass is 19.4. The molecule has 0 saturated heterocycles. The van der Waals surface area contributed by atoms with E-state index in [1.807, 2.05) is 19.1 Å². The number of pyridine rings is 1. The zero-order valence-corrected chi connectivity index (χ0v) is 18.5. The lowest BCUT2D eigenvalue weighted by Gasteiger charge is -2.28. The Hall–Kier alpha value is -3.14.